The van der Waals surface area contributed by atoms with E-state index in [-0.39, 0.29) is 11.9 Å². The molecule has 1 saturated heterocycles. The van der Waals surface area contributed by atoms with Crippen molar-refractivity contribution in [3.05, 3.63) is 84.7 Å². The maximum Gasteiger partial charge on any atom is 0.252 e. The minimum Gasteiger partial charge on any atom is -0.349 e. The second-order valence-corrected chi connectivity index (χ2v) is 11.0. The number of carbonyl (C=O) groups excluding carboxylic acids is 1. The molecule has 1 N–H and O–H groups in total. The SMILES string of the molecule is O=C(NC1CCC(CCN2CCC(n3nccc3-c3ccccc3)CC2)CC1)c1cccc2ncccc12. The molecule has 1 aliphatic carbocycles. The van der Waals surface area contributed by atoms with Gasteiger partial charge in [-0.15, -0.1) is 0 Å². The van der Waals surface area contributed by atoms with Crippen molar-refractivity contribution in [1.29, 1.82) is 0 Å². The predicted molar refractivity (Wildman–Crippen MR) is 152 cm³/mol. The summed E-state index contributed by atoms with van der Waals surface area (Å²) >= 11 is 0. The number of piperidine rings is 1. The van der Waals surface area contributed by atoms with E-state index in [0.717, 1.165) is 61.2 Å². The van der Waals surface area contributed by atoms with Crippen molar-refractivity contribution < 1.29 is 4.79 Å². The Bertz CT molecular complexity index is 1350. The molecular formula is C32H37N5O. The van der Waals surface area contributed by atoms with Crippen molar-refractivity contribution in [2.24, 2.45) is 5.92 Å². The van der Waals surface area contributed by atoms with Crippen LogP contribution >= 0.6 is 0 Å². The lowest BCUT2D eigenvalue weighted by atomic mass is 9.83. The minimum atomic E-state index is 0.0301. The molecule has 38 heavy (non-hydrogen) atoms. The molecule has 6 heteroatoms. The third kappa shape index (κ3) is 5.51. The highest BCUT2D eigenvalue weighted by atomic mass is 16.1. The lowest BCUT2D eigenvalue weighted by Gasteiger charge is -2.35. The lowest BCUT2D eigenvalue weighted by molar-refractivity contribution is 0.0920. The zero-order chi connectivity index (χ0) is 25.7. The van der Waals surface area contributed by atoms with E-state index in [1.54, 1.807) is 6.20 Å². The Balaban J connectivity index is 0.943. The molecule has 2 aromatic carbocycles. The molecule has 2 fully saturated rings. The summed E-state index contributed by atoms with van der Waals surface area (Å²) in [6, 6.07) is 23.1. The largest absolute Gasteiger partial charge is 0.349 e. The fourth-order valence-electron chi connectivity index (χ4n) is 6.36. The summed E-state index contributed by atoms with van der Waals surface area (Å²) in [4.78, 5) is 20.0. The summed E-state index contributed by atoms with van der Waals surface area (Å²) in [7, 11) is 0. The number of amides is 1. The third-order valence-corrected chi connectivity index (χ3v) is 8.57. The maximum absolute atomic E-state index is 13.0. The second-order valence-electron chi connectivity index (χ2n) is 11.0. The number of aromatic nitrogens is 3. The Morgan fingerprint density at radius 3 is 2.47 bits per heavy atom. The Hall–Kier alpha value is -3.51. The first-order valence-electron chi connectivity index (χ1n) is 14.2. The molecule has 1 saturated carbocycles. The van der Waals surface area contributed by atoms with Crippen LogP contribution in [0, 0.1) is 5.92 Å². The highest BCUT2D eigenvalue weighted by Gasteiger charge is 2.26. The fraction of sp³-hybridized carbons (Fsp3) is 0.406. The topological polar surface area (TPSA) is 63.1 Å². The zero-order valence-electron chi connectivity index (χ0n) is 22.0. The summed E-state index contributed by atoms with van der Waals surface area (Å²) in [6.45, 7) is 3.47. The number of likely N-dealkylation sites (tertiary alicyclic amines) is 1. The van der Waals surface area contributed by atoms with E-state index in [4.69, 9.17) is 0 Å². The summed E-state index contributed by atoms with van der Waals surface area (Å²) in [5.41, 5.74) is 4.07. The van der Waals surface area contributed by atoms with Crippen LogP contribution in [0.4, 0.5) is 0 Å². The van der Waals surface area contributed by atoms with E-state index in [2.05, 4.69) is 61.4 Å². The molecule has 4 aromatic rings. The van der Waals surface area contributed by atoms with Crippen LogP contribution in [0.1, 0.15) is 61.3 Å². The van der Waals surface area contributed by atoms with Gasteiger partial charge in [0.1, 0.15) is 0 Å². The second kappa shape index (κ2) is 11.5. The summed E-state index contributed by atoms with van der Waals surface area (Å²) in [6.07, 6.45) is 11.8. The monoisotopic (exact) mass is 507 g/mol. The Labute approximate surface area is 225 Å². The van der Waals surface area contributed by atoms with Crippen LogP contribution in [0.5, 0.6) is 0 Å². The Morgan fingerprint density at radius 2 is 1.66 bits per heavy atom. The number of nitrogens with one attached hydrogen (secondary N) is 1. The van der Waals surface area contributed by atoms with E-state index in [0.29, 0.717) is 6.04 Å². The number of hydrogen-bond donors (Lipinski definition) is 1. The summed E-state index contributed by atoms with van der Waals surface area (Å²) in [5, 5.41) is 8.91. The van der Waals surface area contributed by atoms with E-state index in [9.17, 15) is 4.79 Å². The standard InChI is InChI=1S/C32H37N5O/c38-32(29-8-4-10-30-28(29)9-5-19-33-30)35-26-13-11-24(12-14-26)16-21-36-22-17-27(18-23-36)37-31(15-20-34-37)25-6-2-1-3-7-25/h1-10,15,19-20,24,26-27H,11-14,16-18,21-23H2,(H,35,38). The highest BCUT2D eigenvalue weighted by molar-refractivity contribution is 6.06. The Morgan fingerprint density at radius 1 is 0.842 bits per heavy atom. The van der Waals surface area contributed by atoms with Gasteiger partial charge in [-0.1, -0.05) is 42.5 Å². The lowest BCUT2D eigenvalue weighted by Crippen LogP contribution is -2.39. The van der Waals surface area contributed by atoms with Gasteiger partial charge in [0.2, 0.25) is 0 Å². The van der Waals surface area contributed by atoms with Crippen molar-refractivity contribution in [2.45, 2.75) is 57.0 Å². The van der Waals surface area contributed by atoms with Gasteiger partial charge in [0, 0.05) is 42.5 Å². The summed E-state index contributed by atoms with van der Waals surface area (Å²) in [5.74, 6) is 0.793. The van der Waals surface area contributed by atoms with Crippen molar-refractivity contribution in [2.75, 3.05) is 19.6 Å². The molecule has 1 amide bonds. The van der Waals surface area contributed by atoms with Gasteiger partial charge in [0.25, 0.3) is 5.91 Å². The van der Waals surface area contributed by atoms with Crippen LogP contribution in [0.15, 0.2) is 79.1 Å². The van der Waals surface area contributed by atoms with Crippen molar-refractivity contribution in [3.8, 4) is 11.3 Å². The molecule has 0 radical (unpaired) electrons. The van der Waals surface area contributed by atoms with Crippen LogP contribution in [0.25, 0.3) is 22.2 Å². The molecule has 6 nitrogen and oxygen atoms in total. The normalized spacial score (nSPS) is 20.9. The fourth-order valence-corrected chi connectivity index (χ4v) is 6.36. The maximum atomic E-state index is 13.0. The van der Waals surface area contributed by atoms with Gasteiger partial charge >= 0.3 is 0 Å². The van der Waals surface area contributed by atoms with Crippen LogP contribution in [0.3, 0.4) is 0 Å². The van der Waals surface area contributed by atoms with Gasteiger partial charge in [-0.3, -0.25) is 14.5 Å². The van der Waals surface area contributed by atoms with Gasteiger partial charge in [0.15, 0.2) is 0 Å². The predicted octanol–water partition coefficient (Wildman–Crippen LogP) is 6.11. The van der Waals surface area contributed by atoms with Crippen LogP contribution in [-0.4, -0.2) is 51.2 Å². The van der Waals surface area contributed by atoms with Crippen LogP contribution in [-0.2, 0) is 0 Å². The molecule has 6 rings (SSSR count). The molecule has 2 aromatic heterocycles. The van der Waals surface area contributed by atoms with Crippen LogP contribution in [0.2, 0.25) is 0 Å². The first-order valence-corrected chi connectivity index (χ1v) is 14.2. The Kier molecular flexibility index (Phi) is 7.49. The molecule has 3 heterocycles. The van der Waals surface area contributed by atoms with Gasteiger partial charge in [-0.2, -0.15) is 5.10 Å². The molecule has 2 aliphatic rings. The first-order chi connectivity index (χ1) is 18.7. The molecule has 0 bridgehead atoms. The number of benzene rings is 2. The van der Waals surface area contributed by atoms with E-state index < -0.39 is 0 Å². The zero-order valence-corrected chi connectivity index (χ0v) is 22.0. The highest BCUT2D eigenvalue weighted by Crippen LogP contribution is 2.31. The molecular weight excluding hydrogens is 470 g/mol. The number of pyridine rings is 1. The third-order valence-electron chi connectivity index (χ3n) is 8.57. The summed E-state index contributed by atoms with van der Waals surface area (Å²) < 4.78 is 2.25. The number of rotatable bonds is 7. The van der Waals surface area contributed by atoms with Gasteiger partial charge < -0.3 is 10.2 Å². The molecule has 0 spiro atoms. The van der Waals surface area contributed by atoms with Crippen molar-refractivity contribution >= 4 is 16.8 Å². The van der Waals surface area contributed by atoms with Crippen molar-refractivity contribution in [1.82, 2.24) is 25.0 Å². The minimum absolute atomic E-state index is 0.0301. The van der Waals surface area contributed by atoms with E-state index in [1.165, 1.54) is 37.1 Å². The van der Waals surface area contributed by atoms with Gasteiger partial charge in [0.05, 0.1) is 17.3 Å². The molecule has 1 aliphatic heterocycles. The molecule has 0 atom stereocenters. The average Bonchev–Trinajstić information content (AvgIpc) is 3.47. The number of fused-ring (bicyclic) bond motifs is 1. The van der Waals surface area contributed by atoms with E-state index >= 15 is 0 Å². The smallest absolute Gasteiger partial charge is 0.252 e. The number of carbonyl (C=O) groups is 1. The molecule has 0 unspecified atom stereocenters. The quantitative estimate of drug-likeness (QED) is 0.328. The molecule has 196 valence electrons. The van der Waals surface area contributed by atoms with Gasteiger partial charge in [-0.05, 0) is 87.2 Å². The van der Waals surface area contributed by atoms with Crippen LogP contribution < -0.4 is 5.32 Å². The number of nitrogens with zero attached hydrogens (tertiary/aromatic N) is 4. The first kappa shape index (κ1) is 24.8. The van der Waals surface area contributed by atoms with Crippen molar-refractivity contribution in [3.63, 3.8) is 0 Å². The van der Waals surface area contributed by atoms with E-state index in [1.807, 2.05) is 36.5 Å². The average molecular weight is 508 g/mol. The van der Waals surface area contributed by atoms with Gasteiger partial charge in [-0.25, -0.2) is 0 Å². The number of hydrogen-bond acceptors (Lipinski definition) is 4.